The molecule has 3 heteroatoms. The Morgan fingerprint density at radius 1 is 1.21 bits per heavy atom. The first kappa shape index (κ1) is 12.7. The number of rotatable bonds is 3. The van der Waals surface area contributed by atoms with Gasteiger partial charge in [0.05, 0.1) is 6.54 Å². The minimum absolute atomic E-state index is 0.251. The molecule has 0 bridgehead atoms. The SMILES string of the molecule is O=C(CNC1CCCC1)N1CCc2ccccc2C1. The number of nitrogens with zero attached hydrogens (tertiary/aromatic N) is 1. The average Bonchev–Trinajstić information content (AvgIpc) is 2.97. The molecular weight excluding hydrogens is 236 g/mol. The highest BCUT2D eigenvalue weighted by atomic mass is 16.2. The van der Waals surface area contributed by atoms with Crippen molar-refractivity contribution in [2.45, 2.75) is 44.7 Å². The molecule has 0 aromatic heterocycles. The maximum atomic E-state index is 12.2. The topological polar surface area (TPSA) is 32.3 Å². The highest BCUT2D eigenvalue weighted by molar-refractivity contribution is 5.78. The van der Waals surface area contributed by atoms with Gasteiger partial charge in [-0.25, -0.2) is 0 Å². The van der Waals surface area contributed by atoms with Crippen molar-refractivity contribution in [2.24, 2.45) is 0 Å². The lowest BCUT2D eigenvalue weighted by Crippen LogP contribution is -2.43. The lowest BCUT2D eigenvalue weighted by atomic mass is 10.00. The molecule has 0 saturated heterocycles. The number of nitrogens with one attached hydrogen (secondary N) is 1. The second-order valence-electron chi connectivity index (χ2n) is 5.70. The first-order chi connectivity index (χ1) is 9.33. The molecule has 1 saturated carbocycles. The van der Waals surface area contributed by atoms with Crippen LogP contribution in [0.2, 0.25) is 0 Å². The molecule has 0 radical (unpaired) electrons. The third-order valence-electron chi connectivity index (χ3n) is 4.38. The summed E-state index contributed by atoms with van der Waals surface area (Å²) in [6, 6.07) is 9.02. The molecule has 0 unspecified atom stereocenters. The molecule has 2 aliphatic rings. The van der Waals surface area contributed by atoms with E-state index < -0.39 is 0 Å². The van der Waals surface area contributed by atoms with Gasteiger partial charge in [-0.15, -0.1) is 0 Å². The summed E-state index contributed by atoms with van der Waals surface area (Å²) < 4.78 is 0. The summed E-state index contributed by atoms with van der Waals surface area (Å²) in [5, 5.41) is 3.41. The summed E-state index contributed by atoms with van der Waals surface area (Å²) in [7, 11) is 0. The Morgan fingerprint density at radius 2 is 1.95 bits per heavy atom. The number of fused-ring (bicyclic) bond motifs is 1. The van der Waals surface area contributed by atoms with E-state index in [1.807, 2.05) is 4.90 Å². The number of hydrogen-bond acceptors (Lipinski definition) is 2. The zero-order valence-corrected chi connectivity index (χ0v) is 11.4. The van der Waals surface area contributed by atoms with Crippen molar-refractivity contribution in [3.8, 4) is 0 Å². The molecule has 1 aliphatic carbocycles. The Kier molecular flexibility index (Phi) is 3.83. The van der Waals surface area contributed by atoms with E-state index >= 15 is 0 Å². The van der Waals surface area contributed by atoms with E-state index in [0.29, 0.717) is 12.6 Å². The maximum absolute atomic E-state index is 12.2. The van der Waals surface area contributed by atoms with E-state index in [4.69, 9.17) is 0 Å². The Morgan fingerprint density at radius 3 is 2.74 bits per heavy atom. The molecule has 0 spiro atoms. The van der Waals surface area contributed by atoms with Crippen LogP contribution in [0.15, 0.2) is 24.3 Å². The van der Waals surface area contributed by atoms with Crippen LogP contribution in [-0.4, -0.2) is 29.9 Å². The van der Waals surface area contributed by atoms with Gasteiger partial charge in [0.25, 0.3) is 0 Å². The molecule has 1 fully saturated rings. The molecule has 1 heterocycles. The number of amides is 1. The molecule has 1 N–H and O–H groups in total. The molecule has 1 amide bonds. The minimum atomic E-state index is 0.251. The van der Waals surface area contributed by atoms with Crippen LogP contribution in [0.4, 0.5) is 0 Å². The van der Waals surface area contributed by atoms with Gasteiger partial charge in [-0.05, 0) is 30.4 Å². The Hall–Kier alpha value is -1.35. The maximum Gasteiger partial charge on any atom is 0.236 e. The van der Waals surface area contributed by atoms with E-state index in [9.17, 15) is 4.79 Å². The monoisotopic (exact) mass is 258 g/mol. The lowest BCUT2D eigenvalue weighted by Gasteiger charge is -2.29. The molecule has 1 aromatic rings. The molecule has 19 heavy (non-hydrogen) atoms. The fourth-order valence-electron chi connectivity index (χ4n) is 3.18. The van der Waals surface area contributed by atoms with E-state index in [1.54, 1.807) is 0 Å². The van der Waals surface area contributed by atoms with Crippen LogP contribution >= 0.6 is 0 Å². The van der Waals surface area contributed by atoms with Crippen LogP contribution in [0.1, 0.15) is 36.8 Å². The molecule has 1 aromatic carbocycles. The van der Waals surface area contributed by atoms with Crippen molar-refractivity contribution in [1.29, 1.82) is 0 Å². The summed E-state index contributed by atoms with van der Waals surface area (Å²) in [6.45, 7) is 2.15. The second-order valence-corrected chi connectivity index (χ2v) is 5.70. The number of benzene rings is 1. The Balaban J connectivity index is 1.54. The quantitative estimate of drug-likeness (QED) is 0.900. The Bertz CT molecular complexity index is 452. The van der Waals surface area contributed by atoms with Gasteiger partial charge in [0.1, 0.15) is 0 Å². The van der Waals surface area contributed by atoms with Gasteiger partial charge in [0, 0.05) is 19.1 Å². The van der Waals surface area contributed by atoms with Gasteiger partial charge < -0.3 is 10.2 Å². The smallest absolute Gasteiger partial charge is 0.236 e. The molecule has 1 aliphatic heterocycles. The van der Waals surface area contributed by atoms with Crippen molar-refractivity contribution in [1.82, 2.24) is 10.2 Å². The fourth-order valence-corrected chi connectivity index (χ4v) is 3.18. The largest absolute Gasteiger partial charge is 0.337 e. The molecule has 102 valence electrons. The van der Waals surface area contributed by atoms with Gasteiger partial charge in [0.2, 0.25) is 5.91 Å². The number of carbonyl (C=O) groups excluding carboxylic acids is 1. The first-order valence-electron chi connectivity index (χ1n) is 7.41. The number of carbonyl (C=O) groups is 1. The standard InChI is InChI=1S/C16H22N2O/c19-16(11-17-15-7-3-4-8-15)18-10-9-13-5-1-2-6-14(13)12-18/h1-2,5-6,15,17H,3-4,7-12H2. The summed E-state index contributed by atoms with van der Waals surface area (Å²) in [4.78, 5) is 14.2. The predicted molar refractivity (Wildman–Crippen MR) is 75.8 cm³/mol. The van der Waals surface area contributed by atoms with Gasteiger partial charge in [0.15, 0.2) is 0 Å². The molecule has 3 nitrogen and oxygen atoms in total. The average molecular weight is 258 g/mol. The zero-order chi connectivity index (χ0) is 13.1. The van der Waals surface area contributed by atoms with Crippen molar-refractivity contribution >= 4 is 5.91 Å². The van der Waals surface area contributed by atoms with Crippen LogP contribution < -0.4 is 5.32 Å². The van der Waals surface area contributed by atoms with E-state index in [-0.39, 0.29) is 5.91 Å². The third kappa shape index (κ3) is 2.98. The van der Waals surface area contributed by atoms with Crippen LogP contribution in [0.25, 0.3) is 0 Å². The minimum Gasteiger partial charge on any atom is -0.337 e. The van der Waals surface area contributed by atoms with Gasteiger partial charge in [-0.3, -0.25) is 4.79 Å². The molecule has 0 atom stereocenters. The van der Waals surface area contributed by atoms with Crippen LogP contribution in [0.3, 0.4) is 0 Å². The highest BCUT2D eigenvalue weighted by Gasteiger charge is 2.21. The fraction of sp³-hybridized carbons (Fsp3) is 0.562. The van der Waals surface area contributed by atoms with Gasteiger partial charge in [-0.2, -0.15) is 0 Å². The van der Waals surface area contributed by atoms with E-state index in [2.05, 4.69) is 29.6 Å². The zero-order valence-electron chi connectivity index (χ0n) is 11.4. The van der Waals surface area contributed by atoms with Crippen molar-refractivity contribution in [3.05, 3.63) is 35.4 Å². The van der Waals surface area contributed by atoms with Crippen molar-refractivity contribution < 1.29 is 4.79 Å². The number of hydrogen-bond donors (Lipinski definition) is 1. The van der Waals surface area contributed by atoms with Gasteiger partial charge in [-0.1, -0.05) is 37.1 Å². The summed E-state index contributed by atoms with van der Waals surface area (Å²) >= 11 is 0. The Labute approximate surface area is 115 Å². The van der Waals surface area contributed by atoms with E-state index in [1.165, 1.54) is 36.8 Å². The van der Waals surface area contributed by atoms with Gasteiger partial charge >= 0.3 is 0 Å². The second kappa shape index (κ2) is 5.74. The molecule has 3 rings (SSSR count). The molecular formula is C16H22N2O. The lowest BCUT2D eigenvalue weighted by molar-refractivity contribution is -0.131. The first-order valence-corrected chi connectivity index (χ1v) is 7.41. The van der Waals surface area contributed by atoms with Crippen LogP contribution in [0, 0.1) is 0 Å². The van der Waals surface area contributed by atoms with Crippen LogP contribution in [-0.2, 0) is 17.8 Å². The summed E-state index contributed by atoms with van der Waals surface area (Å²) in [6.07, 6.45) is 6.07. The highest BCUT2D eigenvalue weighted by Crippen LogP contribution is 2.19. The van der Waals surface area contributed by atoms with E-state index in [0.717, 1.165) is 19.5 Å². The van der Waals surface area contributed by atoms with Crippen molar-refractivity contribution in [3.63, 3.8) is 0 Å². The predicted octanol–water partition coefficient (Wildman–Crippen LogP) is 2.10. The summed E-state index contributed by atoms with van der Waals surface area (Å²) in [5.74, 6) is 0.251. The van der Waals surface area contributed by atoms with Crippen molar-refractivity contribution in [2.75, 3.05) is 13.1 Å². The summed E-state index contributed by atoms with van der Waals surface area (Å²) in [5.41, 5.74) is 2.71. The van der Waals surface area contributed by atoms with Crippen LogP contribution in [0.5, 0.6) is 0 Å². The normalized spacial score (nSPS) is 19.5. The third-order valence-corrected chi connectivity index (χ3v) is 4.38.